The smallest absolute Gasteiger partial charge is 0.378 e. The van der Waals surface area contributed by atoms with Crippen LogP contribution in [0, 0.1) is 12.3 Å². The van der Waals surface area contributed by atoms with Crippen molar-refractivity contribution in [1.82, 2.24) is 0 Å². The Bertz CT molecular complexity index is 83.1. The molecule has 0 spiro atoms. The van der Waals surface area contributed by atoms with E-state index in [-0.39, 0.29) is 29.9 Å². The standard InChI is InChI=1S/C9H19O.Li/c1-8(2,3)7-10-9(4,5)6;/h1,7H2,2-6H3;/q-1;+1. The van der Waals surface area contributed by atoms with Gasteiger partial charge in [-0.25, -0.2) is 0 Å². The van der Waals surface area contributed by atoms with Gasteiger partial charge < -0.3 is 11.7 Å². The molecule has 0 saturated carbocycles. The Balaban J connectivity index is 0. The van der Waals surface area contributed by atoms with Crippen LogP contribution in [0.25, 0.3) is 0 Å². The Hall–Kier alpha value is 0.557. The van der Waals surface area contributed by atoms with Crippen molar-refractivity contribution in [3.05, 3.63) is 6.92 Å². The first-order valence-corrected chi connectivity index (χ1v) is 3.70. The normalized spacial score (nSPS) is 12.5. The third-order valence-electron chi connectivity index (χ3n) is 0.896. The third-order valence-corrected chi connectivity index (χ3v) is 0.896. The second kappa shape index (κ2) is 4.55. The number of ether oxygens (including phenoxy) is 1. The molecule has 0 aliphatic heterocycles. The molecule has 0 aromatic rings. The van der Waals surface area contributed by atoms with Crippen LogP contribution in [0.3, 0.4) is 0 Å². The van der Waals surface area contributed by atoms with Gasteiger partial charge >= 0.3 is 18.9 Å². The molecule has 0 aromatic heterocycles. The summed E-state index contributed by atoms with van der Waals surface area (Å²) in [6, 6.07) is 0. The van der Waals surface area contributed by atoms with E-state index < -0.39 is 0 Å². The maximum atomic E-state index is 5.53. The van der Waals surface area contributed by atoms with Crippen LogP contribution >= 0.6 is 0 Å². The van der Waals surface area contributed by atoms with Crippen molar-refractivity contribution in [2.75, 3.05) is 6.61 Å². The molecule has 0 heterocycles. The zero-order valence-corrected chi connectivity index (χ0v) is 8.82. The van der Waals surface area contributed by atoms with E-state index in [2.05, 4.69) is 41.5 Å². The van der Waals surface area contributed by atoms with Crippen LogP contribution in [0.5, 0.6) is 0 Å². The fourth-order valence-corrected chi connectivity index (χ4v) is 0.412. The minimum Gasteiger partial charge on any atom is -0.378 e. The molecule has 0 aliphatic rings. The Kier molecular flexibility index (Phi) is 5.83. The summed E-state index contributed by atoms with van der Waals surface area (Å²) in [5, 5.41) is 0. The van der Waals surface area contributed by atoms with Gasteiger partial charge in [-0.05, 0) is 20.8 Å². The summed E-state index contributed by atoms with van der Waals surface area (Å²) in [7, 11) is 0. The largest absolute Gasteiger partial charge is 1.00 e. The number of rotatable bonds is 2. The van der Waals surface area contributed by atoms with Crippen LogP contribution < -0.4 is 18.9 Å². The summed E-state index contributed by atoms with van der Waals surface area (Å²) in [4.78, 5) is 0. The molecular weight excluding hydrogens is 131 g/mol. The molecule has 11 heavy (non-hydrogen) atoms. The maximum Gasteiger partial charge on any atom is 1.00 e. The summed E-state index contributed by atoms with van der Waals surface area (Å²) < 4.78 is 5.53. The van der Waals surface area contributed by atoms with Crippen molar-refractivity contribution in [3.63, 3.8) is 0 Å². The van der Waals surface area contributed by atoms with Crippen molar-refractivity contribution in [2.45, 2.75) is 40.2 Å². The molecule has 0 unspecified atom stereocenters. The van der Waals surface area contributed by atoms with E-state index in [0.29, 0.717) is 0 Å². The second-order valence-electron chi connectivity index (χ2n) is 4.57. The minimum atomic E-state index is -0.0328. The van der Waals surface area contributed by atoms with Crippen molar-refractivity contribution in [3.8, 4) is 0 Å². The van der Waals surface area contributed by atoms with E-state index in [1.165, 1.54) is 0 Å². The van der Waals surface area contributed by atoms with Gasteiger partial charge in [0.1, 0.15) is 0 Å². The zero-order valence-electron chi connectivity index (χ0n) is 8.82. The number of hydrogen-bond donors (Lipinski definition) is 0. The summed E-state index contributed by atoms with van der Waals surface area (Å²) in [5.41, 5.74) is 0.00222. The minimum absolute atomic E-state index is 0. The van der Waals surface area contributed by atoms with E-state index in [1.807, 2.05) is 0 Å². The van der Waals surface area contributed by atoms with Gasteiger partial charge in [0.2, 0.25) is 0 Å². The van der Waals surface area contributed by atoms with E-state index in [0.717, 1.165) is 6.61 Å². The first-order chi connectivity index (χ1) is 4.21. The maximum absolute atomic E-state index is 5.53. The van der Waals surface area contributed by atoms with E-state index in [4.69, 9.17) is 4.74 Å². The Labute approximate surface area is 83.1 Å². The van der Waals surface area contributed by atoms with Crippen LogP contribution in [0.2, 0.25) is 0 Å². The van der Waals surface area contributed by atoms with Crippen LogP contribution in [-0.2, 0) is 4.74 Å². The van der Waals surface area contributed by atoms with Gasteiger partial charge in [-0.15, -0.1) is 5.41 Å². The predicted molar refractivity (Wildman–Crippen MR) is 44.8 cm³/mol. The van der Waals surface area contributed by atoms with Gasteiger partial charge in [0.25, 0.3) is 0 Å². The van der Waals surface area contributed by atoms with Crippen molar-refractivity contribution < 1.29 is 23.6 Å². The van der Waals surface area contributed by atoms with Crippen molar-refractivity contribution in [1.29, 1.82) is 0 Å². The molecule has 0 N–H and O–H groups in total. The first-order valence-electron chi connectivity index (χ1n) is 3.70. The molecule has 0 aromatic carbocycles. The Morgan fingerprint density at radius 3 is 1.55 bits per heavy atom. The average molecular weight is 150 g/mol. The van der Waals surface area contributed by atoms with Crippen LogP contribution in [0.15, 0.2) is 0 Å². The van der Waals surface area contributed by atoms with E-state index in [1.54, 1.807) is 0 Å². The molecule has 0 atom stereocenters. The molecule has 2 heteroatoms. The van der Waals surface area contributed by atoms with Gasteiger partial charge in [0.05, 0.1) is 5.60 Å². The average Bonchev–Trinajstić information content (AvgIpc) is 1.57. The van der Waals surface area contributed by atoms with Gasteiger partial charge in [-0.3, -0.25) is 0 Å². The third kappa shape index (κ3) is 13.5. The molecule has 0 aliphatic carbocycles. The molecule has 0 saturated heterocycles. The fraction of sp³-hybridized carbons (Fsp3) is 0.889. The SMILES string of the molecule is [CH2-]C(C)(C)COC(C)(C)C.[Li+]. The topological polar surface area (TPSA) is 9.23 Å². The molecule has 0 rings (SSSR count). The Morgan fingerprint density at radius 1 is 1.09 bits per heavy atom. The van der Waals surface area contributed by atoms with Gasteiger partial charge in [-0.2, -0.15) is 0 Å². The number of hydrogen-bond acceptors (Lipinski definition) is 1. The molecule has 62 valence electrons. The molecule has 0 radical (unpaired) electrons. The van der Waals surface area contributed by atoms with E-state index >= 15 is 0 Å². The van der Waals surface area contributed by atoms with Crippen molar-refractivity contribution in [2.24, 2.45) is 5.41 Å². The molecule has 0 fully saturated rings. The quantitative estimate of drug-likeness (QED) is 0.387. The van der Waals surface area contributed by atoms with Gasteiger partial charge in [0.15, 0.2) is 0 Å². The van der Waals surface area contributed by atoms with E-state index in [9.17, 15) is 0 Å². The van der Waals surface area contributed by atoms with Crippen LogP contribution in [0.1, 0.15) is 34.6 Å². The molecule has 0 bridgehead atoms. The summed E-state index contributed by atoms with van der Waals surface area (Å²) in [6.07, 6.45) is 0. The summed E-state index contributed by atoms with van der Waals surface area (Å²) in [5.74, 6) is 0. The summed E-state index contributed by atoms with van der Waals surface area (Å²) in [6.45, 7) is 15.0. The molecular formula is C9H19LiO. The second-order valence-corrected chi connectivity index (χ2v) is 4.57. The predicted octanol–water partition coefficient (Wildman–Crippen LogP) is -0.334. The fourth-order valence-electron chi connectivity index (χ4n) is 0.412. The van der Waals surface area contributed by atoms with Crippen LogP contribution in [-0.4, -0.2) is 12.2 Å². The first kappa shape index (κ1) is 14.1. The molecule has 0 amide bonds. The summed E-state index contributed by atoms with van der Waals surface area (Å²) >= 11 is 0. The Morgan fingerprint density at radius 2 is 1.45 bits per heavy atom. The van der Waals surface area contributed by atoms with Crippen LogP contribution in [0.4, 0.5) is 0 Å². The molecule has 1 nitrogen and oxygen atoms in total. The van der Waals surface area contributed by atoms with Gasteiger partial charge in [0, 0.05) is 6.61 Å². The zero-order chi connectivity index (χ0) is 8.41. The van der Waals surface area contributed by atoms with Gasteiger partial charge in [-0.1, -0.05) is 13.8 Å². The van der Waals surface area contributed by atoms with Crippen molar-refractivity contribution >= 4 is 0 Å². The monoisotopic (exact) mass is 150 g/mol.